The van der Waals surface area contributed by atoms with Gasteiger partial charge in [-0.2, -0.15) is 0 Å². The lowest BCUT2D eigenvalue weighted by Gasteiger charge is -2.06. The van der Waals surface area contributed by atoms with Gasteiger partial charge in [0.15, 0.2) is 0 Å². The number of benzene rings is 1. The molecular formula is C16H20N2O. The third kappa shape index (κ3) is 4.62. The van der Waals surface area contributed by atoms with E-state index in [1.54, 1.807) is 0 Å². The summed E-state index contributed by atoms with van der Waals surface area (Å²) in [4.78, 5) is 11.7. The minimum Gasteiger partial charge on any atom is -0.356 e. The molecule has 0 bridgehead atoms. The van der Waals surface area contributed by atoms with Crippen molar-refractivity contribution in [3.05, 3.63) is 59.9 Å². The first-order valence-electron chi connectivity index (χ1n) is 6.67. The lowest BCUT2D eigenvalue weighted by molar-refractivity contribution is -0.120. The Balaban J connectivity index is 1.65. The van der Waals surface area contributed by atoms with Crippen LogP contribution in [0.5, 0.6) is 0 Å². The summed E-state index contributed by atoms with van der Waals surface area (Å²) in [5.41, 5.74) is 2.28. The maximum absolute atomic E-state index is 11.7. The number of carbonyl (C=O) groups is 1. The number of rotatable bonds is 6. The Morgan fingerprint density at radius 3 is 2.53 bits per heavy atom. The van der Waals surface area contributed by atoms with Gasteiger partial charge in [0.1, 0.15) is 0 Å². The number of nitrogens with one attached hydrogen (secondary N) is 1. The highest BCUT2D eigenvalue weighted by molar-refractivity contribution is 5.78. The van der Waals surface area contributed by atoms with Crippen LogP contribution in [-0.2, 0) is 17.8 Å². The second-order valence-corrected chi connectivity index (χ2v) is 4.79. The highest BCUT2D eigenvalue weighted by atomic mass is 16.1. The predicted octanol–water partition coefficient (Wildman–Crippen LogP) is 2.55. The number of hydrogen-bond acceptors (Lipinski definition) is 1. The molecular weight excluding hydrogens is 236 g/mol. The Bertz CT molecular complexity index is 500. The average molecular weight is 256 g/mol. The number of amides is 1. The van der Waals surface area contributed by atoms with Gasteiger partial charge in [-0.05, 0) is 31.0 Å². The fourth-order valence-corrected chi connectivity index (χ4v) is 1.96. The molecule has 0 saturated heterocycles. The van der Waals surface area contributed by atoms with E-state index in [4.69, 9.17) is 0 Å². The molecule has 2 rings (SSSR count). The van der Waals surface area contributed by atoms with Crippen LogP contribution >= 0.6 is 0 Å². The monoisotopic (exact) mass is 256 g/mol. The molecule has 0 fully saturated rings. The molecule has 3 nitrogen and oxygen atoms in total. The molecule has 2 aromatic rings. The molecule has 0 spiro atoms. The molecule has 1 N–H and O–H groups in total. The molecule has 0 saturated carbocycles. The molecule has 1 aromatic carbocycles. The Hall–Kier alpha value is -2.03. The molecule has 100 valence electrons. The number of nitrogens with zero attached hydrogens (tertiary/aromatic N) is 1. The first-order chi connectivity index (χ1) is 9.24. The zero-order valence-electron chi connectivity index (χ0n) is 11.3. The summed E-state index contributed by atoms with van der Waals surface area (Å²) in [6.07, 6.45) is 5.49. The van der Waals surface area contributed by atoms with Crippen molar-refractivity contribution < 1.29 is 4.79 Å². The molecule has 0 radical (unpaired) electrons. The summed E-state index contributed by atoms with van der Waals surface area (Å²) in [6.45, 7) is 3.71. The summed E-state index contributed by atoms with van der Waals surface area (Å²) in [6, 6.07) is 12.1. The zero-order valence-corrected chi connectivity index (χ0v) is 11.3. The third-order valence-corrected chi connectivity index (χ3v) is 3.07. The highest BCUT2D eigenvalue weighted by Crippen LogP contribution is 2.03. The molecule has 0 unspecified atom stereocenters. The Labute approximate surface area is 114 Å². The van der Waals surface area contributed by atoms with E-state index in [-0.39, 0.29) is 5.91 Å². The zero-order chi connectivity index (χ0) is 13.5. The third-order valence-electron chi connectivity index (χ3n) is 3.07. The smallest absolute Gasteiger partial charge is 0.224 e. The van der Waals surface area contributed by atoms with E-state index >= 15 is 0 Å². The maximum Gasteiger partial charge on any atom is 0.224 e. The van der Waals surface area contributed by atoms with Crippen LogP contribution in [0.25, 0.3) is 0 Å². The van der Waals surface area contributed by atoms with Gasteiger partial charge in [0.2, 0.25) is 5.91 Å². The van der Waals surface area contributed by atoms with Crippen molar-refractivity contribution in [2.75, 3.05) is 6.54 Å². The van der Waals surface area contributed by atoms with Gasteiger partial charge in [0.25, 0.3) is 0 Å². The second kappa shape index (κ2) is 6.78. The number of aromatic nitrogens is 1. The van der Waals surface area contributed by atoms with Gasteiger partial charge in [0, 0.05) is 25.5 Å². The average Bonchev–Trinajstić information content (AvgIpc) is 2.91. The van der Waals surface area contributed by atoms with Crippen LogP contribution in [0.4, 0.5) is 0 Å². The largest absolute Gasteiger partial charge is 0.356 e. The lowest BCUT2D eigenvalue weighted by atomic mass is 10.1. The molecule has 1 aromatic heterocycles. The van der Waals surface area contributed by atoms with E-state index in [0.29, 0.717) is 6.42 Å². The minimum absolute atomic E-state index is 0.0939. The van der Waals surface area contributed by atoms with Crippen LogP contribution in [-0.4, -0.2) is 17.0 Å². The van der Waals surface area contributed by atoms with Crippen LogP contribution < -0.4 is 5.32 Å². The van der Waals surface area contributed by atoms with Crippen LogP contribution in [0.3, 0.4) is 0 Å². The molecule has 3 heteroatoms. The maximum atomic E-state index is 11.7. The van der Waals surface area contributed by atoms with E-state index in [2.05, 4.69) is 9.88 Å². The summed E-state index contributed by atoms with van der Waals surface area (Å²) in [7, 11) is 0. The number of hydrogen-bond donors (Lipinski definition) is 1. The van der Waals surface area contributed by atoms with Gasteiger partial charge in [-0.25, -0.2) is 0 Å². The van der Waals surface area contributed by atoms with Crippen molar-refractivity contribution in [2.24, 2.45) is 0 Å². The summed E-state index contributed by atoms with van der Waals surface area (Å²) < 4.78 is 2.12. The summed E-state index contributed by atoms with van der Waals surface area (Å²) >= 11 is 0. The van der Waals surface area contributed by atoms with Gasteiger partial charge < -0.3 is 9.88 Å². The number of aryl methyl sites for hydroxylation is 2. The second-order valence-electron chi connectivity index (χ2n) is 4.79. The normalized spacial score (nSPS) is 10.4. The molecule has 0 aliphatic rings. The lowest BCUT2D eigenvalue weighted by Crippen LogP contribution is -2.26. The fraction of sp³-hybridized carbons (Fsp3) is 0.312. The van der Waals surface area contributed by atoms with Crippen LogP contribution in [0.2, 0.25) is 0 Å². The Kier molecular flexibility index (Phi) is 4.78. The molecule has 19 heavy (non-hydrogen) atoms. The minimum atomic E-state index is 0.0939. The van der Waals surface area contributed by atoms with Gasteiger partial charge >= 0.3 is 0 Å². The van der Waals surface area contributed by atoms with Crippen molar-refractivity contribution in [2.45, 2.75) is 26.3 Å². The van der Waals surface area contributed by atoms with E-state index < -0.39 is 0 Å². The van der Waals surface area contributed by atoms with Crippen LogP contribution in [0.1, 0.15) is 17.5 Å². The van der Waals surface area contributed by atoms with Crippen LogP contribution in [0.15, 0.2) is 48.8 Å². The SMILES string of the molecule is Cc1ccc(CC(=O)NCCCn2cccc2)cc1. The molecule has 0 atom stereocenters. The van der Waals surface area contributed by atoms with Gasteiger partial charge in [-0.3, -0.25) is 4.79 Å². The topological polar surface area (TPSA) is 34.0 Å². The molecule has 1 amide bonds. The fourth-order valence-electron chi connectivity index (χ4n) is 1.96. The first-order valence-corrected chi connectivity index (χ1v) is 6.67. The van der Waals surface area contributed by atoms with Gasteiger partial charge in [-0.1, -0.05) is 29.8 Å². The van der Waals surface area contributed by atoms with Gasteiger partial charge in [0.05, 0.1) is 6.42 Å². The number of carbonyl (C=O) groups excluding carboxylic acids is 1. The quantitative estimate of drug-likeness (QED) is 0.792. The van der Waals surface area contributed by atoms with Crippen molar-refractivity contribution in [3.63, 3.8) is 0 Å². The van der Waals surface area contributed by atoms with E-state index in [0.717, 1.165) is 25.1 Å². The van der Waals surface area contributed by atoms with Crippen LogP contribution in [0, 0.1) is 6.92 Å². The Morgan fingerprint density at radius 2 is 1.84 bits per heavy atom. The highest BCUT2D eigenvalue weighted by Gasteiger charge is 2.02. The molecule has 1 heterocycles. The van der Waals surface area contributed by atoms with Crippen molar-refractivity contribution in [1.82, 2.24) is 9.88 Å². The van der Waals surface area contributed by atoms with Gasteiger partial charge in [-0.15, -0.1) is 0 Å². The standard InChI is InChI=1S/C16H20N2O/c1-14-5-7-15(8-6-14)13-16(19)17-9-4-12-18-10-2-3-11-18/h2-3,5-8,10-11H,4,9,12-13H2,1H3,(H,17,19). The van der Waals surface area contributed by atoms with Crippen molar-refractivity contribution in [1.29, 1.82) is 0 Å². The van der Waals surface area contributed by atoms with E-state index in [1.165, 1.54) is 5.56 Å². The van der Waals surface area contributed by atoms with E-state index in [1.807, 2.05) is 55.7 Å². The van der Waals surface area contributed by atoms with Crippen molar-refractivity contribution >= 4 is 5.91 Å². The van der Waals surface area contributed by atoms with Crippen molar-refractivity contribution in [3.8, 4) is 0 Å². The first kappa shape index (κ1) is 13.4. The summed E-state index contributed by atoms with van der Waals surface area (Å²) in [5, 5.41) is 2.96. The summed E-state index contributed by atoms with van der Waals surface area (Å²) in [5.74, 6) is 0.0939. The molecule has 0 aliphatic carbocycles. The van der Waals surface area contributed by atoms with E-state index in [9.17, 15) is 4.79 Å². The Morgan fingerprint density at radius 1 is 1.16 bits per heavy atom. The predicted molar refractivity (Wildman–Crippen MR) is 76.9 cm³/mol. The molecule has 0 aliphatic heterocycles.